The van der Waals surface area contributed by atoms with Crippen LogP contribution in [0.2, 0.25) is 0 Å². The number of aromatic nitrogens is 4. The average molecular weight is 313 g/mol. The van der Waals surface area contributed by atoms with Gasteiger partial charge < -0.3 is 15.4 Å². The molecule has 114 valence electrons. The lowest BCUT2D eigenvalue weighted by atomic mass is 10.5. The van der Waals surface area contributed by atoms with Crippen LogP contribution in [0, 0.1) is 0 Å². The molecule has 0 bridgehead atoms. The molecule has 10 heteroatoms. The summed E-state index contributed by atoms with van der Waals surface area (Å²) in [5.74, 6) is -0.162. The molecule has 9 nitrogen and oxygen atoms in total. The van der Waals surface area contributed by atoms with Crippen LogP contribution in [0.15, 0.2) is 14.7 Å². The third-order valence-electron chi connectivity index (χ3n) is 2.85. The number of nitrogens with zero attached hydrogens (tertiary/aromatic N) is 3. The van der Waals surface area contributed by atoms with Gasteiger partial charge in [-0.1, -0.05) is 11.8 Å². The maximum atomic E-state index is 12.0. The Kier molecular flexibility index (Phi) is 4.48. The Bertz CT molecular complexity index is 790. The number of hydrogen-bond donors (Lipinski definition) is 3. The maximum absolute atomic E-state index is 12.0. The number of nitrogens with one attached hydrogen (secondary N) is 2. The van der Waals surface area contributed by atoms with Gasteiger partial charge in [-0.05, 0) is 0 Å². The molecule has 0 aromatic carbocycles. The summed E-state index contributed by atoms with van der Waals surface area (Å²) in [5.41, 5.74) is -0.451. The van der Waals surface area contributed by atoms with Crippen molar-refractivity contribution in [1.29, 1.82) is 0 Å². The van der Waals surface area contributed by atoms with Crippen molar-refractivity contribution in [2.24, 2.45) is 14.1 Å². The second-order valence-electron chi connectivity index (χ2n) is 4.31. The Labute approximate surface area is 123 Å². The van der Waals surface area contributed by atoms with Gasteiger partial charge in [0, 0.05) is 20.6 Å². The minimum Gasteiger partial charge on any atom is -0.395 e. The van der Waals surface area contributed by atoms with Crippen molar-refractivity contribution in [3.05, 3.63) is 20.8 Å². The van der Waals surface area contributed by atoms with Crippen LogP contribution < -0.4 is 16.6 Å². The molecule has 1 amide bonds. The molecule has 0 aliphatic carbocycles. The van der Waals surface area contributed by atoms with Crippen LogP contribution in [0.1, 0.15) is 0 Å². The van der Waals surface area contributed by atoms with E-state index in [2.05, 4.69) is 15.3 Å². The summed E-state index contributed by atoms with van der Waals surface area (Å²) in [4.78, 5) is 42.1. The van der Waals surface area contributed by atoms with Gasteiger partial charge in [-0.15, -0.1) is 0 Å². The predicted octanol–water partition coefficient (Wildman–Crippen LogP) is -1.84. The van der Waals surface area contributed by atoms with Crippen molar-refractivity contribution in [2.45, 2.75) is 5.16 Å². The maximum Gasteiger partial charge on any atom is 0.332 e. The van der Waals surface area contributed by atoms with E-state index >= 15 is 0 Å². The van der Waals surface area contributed by atoms with Gasteiger partial charge in [-0.2, -0.15) is 0 Å². The summed E-state index contributed by atoms with van der Waals surface area (Å²) in [6.07, 6.45) is 0. The molecular weight excluding hydrogens is 298 g/mol. The van der Waals surface area contributed by atoms with E-state index in [4.69, 9.17) is 5.11 Å². The second-order valence-corrected chi connectivity index (χ2v) is 5.27. The van der Waals surface area contributed by atoms with E-state index < -0.39 is 11.2 Å². The molecular formula is C11H15N5O4S. The zero-order chi connectivity index (χ0) is 15.6. The third-order valence-corrected chi connectivity index (χ3v) is 3.72. The first-order valence-corrected chi connectivity index (χ1v) is 7.10. The number of hydrogen-bond acceptors (Lipinski definition) is 6. The minimum atomic E-state index is -0.462. The lowest BCUT2D eigenvalue weighted by Gasteiger charge is -2.00. The molecule has 2 aromatic rings. The lowest BCUT2D eigenvalue weighted by Crippen LogP contribution is -2.36. The number of carbonyl (C=O) groups is 1. The molecule has 0 atom stereocenters. The van der Waals surface area contributed by atoms with Crippen molar-refractivity contribution < 1.29 is 9.90 Å². The van der Waals surface area contributed by atoms with Crippen LogP contribution in [0.3, 0.4) is 0 Å². The number of aryl methyl sites for hydroxylation is 1. The van der Waals surface area contributed by atoms with Crippen LogP contribution in [0.4, 0.5) is 0 Å². The van der Waals surface area contributed by atoms with E-state index in [1.807, 2.05) is 0 Å². The number of aliphatic hydroxyl groups is 1. The van der Waals surface area contributed by atoms with Gasteiger partial charge >= 0.3 is 5.69 Å². The largest absolute Gasteiger partial charge is 0.395 e. The van der Waals surface area contributed by atoms with E-state index in [1.165, 1.54) is 18.7 Å². The summed E-state index contributed by atoms with van der Waals surface area (Å²) >= 11 is 1.11. The van der Waals surface area contributed by atoms with E-state index in [1.54, 1.807) is 0 Å². The zero-order valence-electron chi connectivity index (χ0n) is 11.5. The Morgan fingerprint density at radius 3 is 2.76 bits per heavy atom. The SMILES string of the molecule is Cn1c(=O)c2[nH]c(SCC(=O)NCCO)nc2n(C)c1=O. The lowest BCUT2D eigenvalue weighted by molar-refractivity contribution is -0.118. The van der Waals surface area contributed by atoms with E-state index in [9.17, 15) is 14.4 Å². The summed E-state index contributed by atoms with van der Waals surface area (Å²) < 4.78 is 2.26. The summed E-state index contributed by atoms with van der Waals surface area (Å²) in [7, 11) is 2.91. The highest BCUT2D eigenvalue weighted by molar-refractivity contribution is 7.99. The van der Waals surface area contributed by atoms with Gasteiger partial charge in [-0.3, -0.25) is 18.7 Å². The van der Waals surface area contributed by atoms with Gasteiger partial charge in [-0.25, -0.2) is 9.78 Å². The molecule has 21 heavy (non-hydrogen) atoms. The number of rotatable bonds is 5. The number of carbonyl (C=O) groups excluding carboxylic acids is 1. The van der Waals surface area contributed by atoms with Gasteiger partial charge in [0.25, 0.3) is 5.56 Å². The number of thioether (sulfide) groups is 1. The molecule has 3 N–H and O–H groups in total. The van der Waals surface area contributed by atoms with Gasteiger partial charge in [0.15, 0.2) is 16.3 Å². The normalized spacial score (nSPS) is 11.0. The molecule has 2 heterocycles. The van der Waals surface area contributed by atoms with E-state index in [-0.39, 0.29) is 36.0 Å². The highest BCUT2D eigenvalue weighted by Crippen LogP contribution is 2.16. The van der Waals surface area contributed by atoms with Crippen LogP contribution in [0.25, 0.3) is 11.2 Å². The van der Waals surface area contributed by atoms with Crippen molar-refractivity contribution >= 4 is 28.8 Å². The highest BCUT2D eigenvalue weighted by atomic mass is 32.2. The fraction of sp³-hybridized carbons (Fsp3) is 0.455. The number of aromatic amines is 1. The number of fused-ring (bicyclic) bond motifs is 1. The topological polar surface area (TPSA) is 122 Å². The molecule has 2 rings (SSSR count). The molecule has 0 saturated heterocycles. The zero-order valence-corrected chi connectivity index (χ0v) is 12.4. The molecule has 2 aromatic heterocycles. The monoisotopic (exact) mass is 313 g/mol. The van der Waals surface area contributed by atoms with Gasteiger partial charge in [0.1, 0.15) is 0 Å². The number of amides is 1. The molecule has 0 radical (unpaired) electrons. The fourth-order valence-corrected chi connectivity index (χ4v) is 2.45. The van der Waals surface area contributed by atoms with Crippen LogP contribution in [-0.4, -0.2) is 49.0 Å². The fourth-order valence-electron chi connectivity index (χ4n) is 1.75. The van der Waals surface area contributed by atoms with Crippen molar-refractivity contribution in [2.75, 3.05) is 18.9 Å². The minimum absolute atomic E-state index is 0.0914. The predicted molar refractivity (Wildman–Crippen MR) is 77.4 cm³/mol. The smallest absolute Gasteiger partial charge is 0.332 e. The Morgan fingerprint density at radius 1 is 1.38 bits per heavy atom. The summed E-state index contributed by atoms with van der Waals surface area (Å²) in [6.45, 7) is 0.0633. The molecule has 0 aliphatic rings. The quantitative estimate of drug-likeness (QED) is 0.558. The van der Waals surface area contributed by atoms with Crippen molar-refractivity contribution in [1.82, 2.24) is 24.4 Å². The highest BCUT2D eigenvalue weighted by Gasteiger charge is 2.14. The van der Waals surface area contributed by atoms with Crippen LogP contribution in [-0.2, 0) is 18.9 Å². The van der Waals surface area contributed by atoms with Crippen LogP contribution >= 0.6 is 11.8 Å². The molecule has 0 aliphatic heterocycles. The van der Waals surface area contributed by atoms with E-state index in [0.29, 0.717) is 5.16 Å². The first kappa shape index (κ1) is 15.3. The summed E-state index contributed by atoms with van der Waals surface area (Å²) in [5, 5.41) is 11.5. The van der Waals surface area contributed by atoms with E-state index in [0.717, 1.165) is 16.3 Å². The number of imidazole rings is 1. The summed E-state index contributed by atoms with van der Waals surface area (Å²) in [6, 6.07) is 0. The van der Waals surface area contributed by atoms with Gasteiger partial charge in [0.05, 0.1) is 12.4 Å². The van der Waals surface area contributed by atoms with Crippen LogP contribution in [0.5, 0.6) is 0 Å². The first-order valence-electron chi connectivity index (χ1n) is 6.11. The Balaban J connectivity index is 2.26. The third kappa shape index (κ3) is 3.00. The average Bonchev–Trinajstić information content (AvgIpc) is 2.91. The Morgan fingerprint density at radius 2 is 2.10 bits per heavy atom. The van der Waals surface area contributed by atoms with Gasteiger partial charge in [0.2, 0.25) is 5.91 Å². The molecule has 0 fully saturated rings. The molecule has 0 spiro atoms. The van der Waals surface area contributed by atoms with Crippen molar-refractivity contribution in [3.63, 3.8) is 0 Å². The standard InChI is InChI=1S/C11H15N5O4S/c1-15-8-7(9(19)16(2)11(15)20)13-10(14-8)21-5-6(18)12-3-4-17/h17H,3-5H2,1-2H3,(H,12,18)(H,13,14). The second kappa shape index (κ2) is 6.14. The molecule has 0 unspecified atom stereocenters. The first-order chi connectivity index (χ1) is 9.95. The number of H-pyrrole nitrogens is 1. The van der Waals surface area contributed by atoms with Crippen molar-refractivity contribution in [3.8, 4) is 0 Å². The number of aliphatic hydroxyl groups excluding tert-OH is 1. The Hall–Kier alpha value is -2.07. The molecule has 0 saturated carbocycles.